The van der Waals surface area contributed by atoms with E-state index in [0.717, 1.165) is 25.9 Å². The van der Waals surface area contributed by atoms with E-state index in [2.05, 4.69) is 16.9 Å². The predicted octanol–water partition coefficient (Wildman–Crippen LogP) is 1.90. The Morgan fingerprint density at radius 2 is 2.39 bits per heavy atom. The van der Waals surface area contributed by atoms with Gasteiger partial charge in [0, 0.05) is 31.4 Å². The van der Waals surface area contributed by atoms with Crippen LogP contribution in [0, 0.1) is 0 Å². The first-order valence-electron chi connectivity index (χ1n) is 6.15. The Bertz CT molecular complexity index is 438. The Labute approximate surface area is 113 Å². The number of hydrogen-bond acceptors (Lipinski definition) is 3. The van der Waals surface area contributed by atoms with Crippen LogP contribution >= 0.6 is 11.6 Å². The van der Waals surface area contributed by atoms with E-state index in [1.54, 1.807) is 18.3 Å². The van der Waals surface area contributed by atoms with Gasteiger partial charge in [-0.15, -0.1) is 0 Å². The molecule has 0 aromatic carbocycles. The molecule has 98 valence electrons. The van der Waals surface area contributed by atoms with Crippen molar-refractivity contribution >= 4 is 17.5 Å². The number of amides is 1. The molecule has 18 heavy (non-hydrogen) atoms. The molecule has 0 bridgehead atoms. The number of halogens is 1. The van der Waals surface area contributed by atoms with Crippen LogP contribution in [0.5, 0.6) is 0 Å². The highest BCUT2D eigenvalue weighted by atomic mass is 35.5. The van der Waals surface area contributed by atoms with Gasteiger partial charge in [-0.2, -0.15) is 0 Å². The van der Waals surface area contributed by atoms with Gasteiger partial charge in [-0.1, -0.05) is 11.6 Å². The fourth-order valence-corrected chi connectivity index (χ4v) is 2.53. The van der Waals surface area contributed by atoms with E-state index >= 15 is 0 Å². The van der Waals surface area contributed by atoms with Crippen molar-refractivity contribution in [2.75, 3.05) is 27.2 Å². The maximum Gasteiger partial charge on any atom is 0.254 e. The molecule has 0 N–H and O–H groups in total. The van der Waals surface area contributed by atoms with Crippen molar-refractivity contribution in [1.82, 2.24) is 14.8 Å². The second kappa shape index (κ2) is 5.67. The SMILES string of the molecule is CN1CCCC(N(C)C(=O)c2ccnc(Cl)c2)C1. The fourth-order valence-electron chi connectivity index (χ4n) is 2.36. The molecule has 1 unspecified atom stereocenters. The first-order chi connectivity index (χ1) is 8.58. The van der Waals surface area contributed by atoms with Crippen molar-refractivity contribution in [3.05, 3.63) is 29.0 Å². The van der Waals surface area contributed by atoms with Crippen LogP contribution in [-0.4, -0.2) is 53.9 Å². The number of carbonyl (C=O) groups excluding carboxylic acids is 1. The van der Waals surface area contributed by atoms with Gasteiger partial charge in [-0.3, -0.25) is 4.79 Å². The van der Waals surface area contributed by atoms with E-state index in [-0.39, 0.29) is 11.9 Å². The number of rotatable bonds is 2. The summed E-state index contributed by atoms with van der Waals surface area (Å²) in [7, 11) is 3.95. The Morgan fingerprint density at radius 1 is 1.61 bits per heavy atom. The lowest BCUT2D eigenvalue weighted by Gasteiger charge is -2.35. The summed E-state index contributed by atoms with van der Waals surface area (Å²) >= 11 is 5.81. The van der Waals surface area contributed by atoms with E-state index in [0.29, 0.717) is 10.7 Å². The first kappa shape index (κ1) is 13.3. The third-order valence-corrected chi connectivity index (χ3v) is 3.65. The Morgan fingerprint density at radius 3 is 3.06 bits per heavy atom. The quantitative estimate of drug-likeness (QED) is 0.768. The highest BCUT2D eigenvalue weighted by Gasteiger charge is 2.25. The van der Waals surface area contributed by atoms with Crippen LogP contribution in [0.3, 0.4) is 0 Å². The molecule has 0 spiro atoms. The molecule has 5 heteroatoms. The second-order valence-corrected chi connectivity index (χ2v) is 5.23. The van der Waals surface area contributed by atoms with Crippen molar-refractivity contribution in [1.29, 1.82) is 0 Å². The molecule has 1 aliphatic rings. The molecule has 2 heterocycles. The van der Waals surface area contributed by atoms with Crippen LogP contribution in [0.1, 0.15) is 23.2 Å². The van der Waals surface area contributed by atoms with Gasteiger partial charge in [-0.25, -0.2) is 4.98 Å². The molecule has 0 aliphatic carbocycles. The highest BCUT2D eigenvalue weighted by Crippen LogP contribution is 2.16. The van der Waals surface area contributed by atoms with Gasteiger partial charge >= 0.3 is 0 Å². The summed E-state index contributed by atoms with van der Waals surface area (Å²) in [5.41, 5.74) is 0.603. The standard InChI is InChI=1S/C13H18ClN3O/c1-16-7-3-4-11(9-16)17(2)13(18)10-5-6-15-12(14)8-10/h5-6,8,11H,3-4,7,9H2,1-2H3. The van der Waals surface area contributed by atoms with Crippen LogP contribution in [0.15, 0.2) is 18.3 Å². The first-order valence-corrected chi connectivity index (χ1v) is 6.53. The monoisotopic (exact) mass is 267 g/mol. The number of pyridine rings is 1. The number of carbonyl (C=O) groups is 1. The zero-order chi connectivity index (χ0) is 13.1. The van der Waals surface area contributed by atoms with E-state index in [9.17, 15) is 4.79 Å². The topological polar surface area (TPSA) is 36.4 Å². The summed E-state index contributed by atoms with van der Waals surface area (Å²) in [6.45, 7) is 2.04. The molecule has 1 fully saturated rings. The Hall–Kier alpha value is -1.13. The molecule has 1 saturated heterocycles. The fraction of sp³-hybridized carbons (Fsp3) is 0.538. The number of aromatic nitrogens is 1. The highest BCUT2D eigenvalue weighted by molar-refractivity contribution is 6.29. The van der Waals surface area contributed by atoms with Crippen LogP contribution in [0.4, 0.5) is 0 Å². The summed E-state index contributed by atoms with van der Waals surface area (Å²) in [5.74, 6) is 0.0135. The minimum Gasteiger partial charge on any atom is -0.337 e. The number of nitrogens with zero attached hydrogens (tertiary/aromatic N) is 3. The largest absolute Gasteiger partial charge is 0.337 e. The van der Waals surface area contributed by atoms with Gasteiger partial charge in [-0.05, 0) is 38.6 Å². The predicted molar refractivity (Wildman–Crippen MR) is 71.9 cm³/mol. The maximum atomic E-state index is 12.3. The molecular formula is C13H18ClN3O. The summed E-state index contributed by atoms with van der Waals surface area (Å²) in [6.07, 6.45) is 3.76. The van der Waals surface area contributed by atoms with Gasteiger partial charge in [0.25, 0.3) is 5.91 Å². The molecule has 1 aromatic heterocycles. The van der Waals surface area contributed by atoms with Gasteiger partial charge < -0.3 is 9.80 Å². The lowest BCUT2D eigenvalue weighted by Crippen LogP contribution is -2.47. The van der Waals surface area contributed by atoms with Crippen molar-refractivity contribution in [2.45, 2.75) is 18.9 Å². The lowest BCUT2D eigenvalue weighted by molar-refractivity contribution is 0.0644. The smallest absolute Gasteiger partial charge is 0.254 e. The van der Waals surface area contributed by atoms with Crippen LogP contribution in [0.25, 0.3) is 0 Å². The zero-order valence-corrected chi connectivity index (χ0v) is 11.5. The van der Waals surface area contributed by atoms with Crippen LogP contribution in [0.2, 0.25) is 5.15 Å². The molecular weight excluding hydrogens is 250 g/mol. The van der Waals surface area contributed by atoms with Crippen molar-refractivity contribution < 1.29 is 4.79 Å². The average molecular weight is 268 g/mol. The Kier molecular flexibility index (Phi) is 4.19. The number of likely N-dealkylation sites (tertiary alicyclic amines) is 1. The van der Waals surface area contributed by atoms with E-state index < -0.39 is 0 Å². The third-order valence-electron chi connectivity index (χ3n) is 3.44. The minimum absolute atomic E-state index is 0.0135. The normalized spacial score (nSPS) is 20.7. The number of likely N-dealkylation sites (N-methyl/N-ethyl adjacent to an activating group) is 2. The molecule has 0 radical (unpaired) electrons. The summed E-state index contributed by atoms with van der Waals surface area (Å²) < 4.78 is 0. The number of hydrogen-bond donors (Lipinski definition) is 0. The zero-order valence-electron chi connectivity index (χ0n) is 10.8. The van der Waals surface area contributed by atoms with Gasteiger partial charge in [0.15, 0.2) is 0 Å². The van der Waals surface area contributed by atoms with Crippen LogP contribution in [-0.2, 0) is 0 Å². The molecule has 2 rings (SSSR count). The maximum absolute atomic E-state index is 12.3. The molecule has 4 nitrogen and oxygen atoms in total. The second-order valence-electron chi connectivity index (χ2n) is 4.84. The molecule has 1 aromatic rings. The van der Waals surface area contributed by atoms with E-state index in [4.69, 9.17) is 11.6 Å². The van der Waals surface area contributed by atoms with Crippen molar-refractivity contribution in [3.63, 3.8) is 0 Å². The Balaban J connectivity index is 2.08. The van der Waals surface area contributed by atoms with E-state index in [1.165, 1.54) is 0 Å². The molecule has 1 amide bonds. The molecule has 0 saturated carbocycles. The summed E-state index contributed by atoms with van der Waals surface area (Å²) in [5, 5.41) is 0.356. The van der Waals surface area contributed by atoms with Gasteiger partial charge in [0.1, 0.15) is 5.15 Å². The minimum atomic E-state index is 0.0135. The summed E-state index contributed by atoms with van der Waals surface area (Å²) in [4.78, 5) is 20.3. The summed E-state index contributed by atoms with van der Waals surface area (Å²) in [6, 6.07) is 3.60. The van der Waals surface area contributed by atoms with Crippen LogP contribution < -0.4 is 0 Å². The average Bonchev–Trinajstić information content (AvgIpc) is 2.37. The molecule has 1 atom stereocenters. The van der Waals surface area contributed by atoms with Gasteiger partial charge in [0.2, 0.25) is 0 Å². The van der Waals surface area contributed by atoms with Crippen molar-refractivity contribution in [3.8, 4) is 0 Å². The number of piperidine rings is 1. The lowest BCUT2D eigenvalue weighted by atomic mass is 10.0. The van der Waals surface area contributed by atoms with Crippen molar-refractivity contribution in [2.24, 2.45) is 0 Å². The third kappa shape index (κ3) is 3.00. The van der Waals surface area contributed by atoms with Gasteiger partial charge in [0.05, 0.1) is 0 Å². The molecule has 1 aliphatic heterocycles. The van der Waals surface area contributed by atoms with E-state index in [1.807, 2.05) is 11.9 Å².